The molecule has 2 aromatic heterocycles. The predicted molar refractivity (Wildman–Crippen MR) is 106 cm³/mol. The Morgan fingerprint density at radius 3 is 2.68 bits per heavy atom. The third-order valence-corrected chi connectivity index (χ3v) is 6.17. The minimum absolute atomic E-state index is 0.154. The molecule has 126 valence electrons. The highest BCUT2D eigenvalue weighted by Gasteiger charge is 2.42. The Hall–Kier alpha value is -1.83. The number of nitrogens with zero attached hydrogens (tertiary/aromatic N) is 2. The van der Waals surface area contributed by atoms with Crippen LogP contribution in [-0.4, -0.2) is 10.1 Å². The minimum atomic E-state index is -0.297. The molecule has 1 N–H and O–H groups in total. The smallest absolute Gasteiger partial charge is 0.174 e. The second-order valence-corrected chi connectivity index (χ2v) is 7.86. The van der Waals surface area contributed by atoms with Gasteiger partial charge in [-0.2, -0.15) is 0 Å². The Labute approximate surface area is 162 Å². The SMILES string of the molecule is Fc1ccccc1N1C(=S)NC(c2ccccn2)C1c1cc(Br)cs1. The van der Waals surface area contributed by atoms with Gasteiger partial charge in [-0.1, -0.05) is 18.2 Å². The van der Waals surface area contributed by atoms with Gasteiger partial charge in [-0.15, -0.1) is 11.3 Å². The summed E-state index contributed by atoms with van der Waals surface area (Å²) in [5.74, 6) is -0.297. The number of thiocarbonyl (C=S) groups is 1. The third kappa shape index (κ3) is 3.07. The van der Waals surface area contributed by atoms with Gasteiger partial charge in [0, 0.05) is 20.9 Å². The molecule has 3 aromatic rings. The van der Waals surface area contributed by atoms with Crippen molar-refractivity contribution in [2.45, 2.75) is 12.1 Å². The largest absolute Gasteiger partial charge is 0.351 e. The topological polar surface area (TPSA) is 28.2 Å². The monoisotopic (exact) mass is 433 g/mol. The quantitative estimate of drug-likeness (QED) is 0.572. The van der Waals surface area contributed by atoms with Crippen molar-refractivity contribution in [3.63, 3.8) is 0 Å². The summed E-state index contributed by atoms with van der Waals surface area (Å²) in [6.45, 7) is 0. The van der Waals surface area contributed by atoms with Crippen molar-refractivity contribution < 1.29 is 4.39 Å². The van der Waals surface area contributed by atoms with Gasteiger partial charge in [-0.25, -0.2) is 4.39 Å². The molecule has 1 saturated heterocycles. The van der Waals surface area contributed by atoms with Crippen LogP contribution in [0.15, 0.2) is 64.6 Å². The second-order valence-electron chi connectivity index (χ2n) is 5.62. The molecule has 2 atom stereocenters. The van der Waals surface area contributed by atoms with E-state index in [0.29, 0.717) is 10.8 Å². The van der Waals surface area contributed by atoms with E-state index in [1.807, 2.05) is 34.5 Å². The highest BCUT2D eigenvalue weighted by atomic mass is 79.9. The zero-order valence-electron chi connectivity index (χ0n) is 12.9. The highest BCUT2D eigenvalue weighted by molar-refractivity contribution is 9.10. The maximum atomic E-state index is 14.5. The first-order chi connectivity index (χ1) is 12.1. The number of para-hydroxylation sites is 1. The molecule has 0 spiro atoms. The molecular weight excluding hydrogens is 421 g/mol. The van der Waals surface area contributed by atoms with Gasteiger partial charge in [-0.05, 0) is 58.5 Å². The fraction of sp³-hybridized carbons (Fsp3) is 0.111. The normalized spacial score (nSPS) is 19.9. The lowest BCUT2D eigenvalue weighted by Crippen LogP contribution is -2.29. The fourth-order valence-electron chi connectivity index (χ4n) is 3.03. The van der Waals surface area contributed by atoms with E-state index >= 15 is 0 Å². The summed E-state index contributed by atoms with van der Waals surface area (Å²) < 4.78 is 15.5. The Morgan fingerprint density at radius 2 is 2.00 bits per heavy atom. The van der Waals surface area contributed by atoms with Gasteiger partial charge in [0.05, 0.1) is 23.5 Å². The minimum Gasteiger partial charge on any atom is -0.351 e. The van der Waals surface area contributed by atoms with Gasteiger partial charge in [0.1, 0.15) is 5.82 Å². The van der Waals surface area contributed by atoms with Crippen LogP contribution in [-0.2, 0) is 0 Å². The molecule has 1 aromatic carbocycles. The van der Waals surface area contributed by atoms with Crippen molar-refractivity contribution in [1.82, 2.24) is 10.3 Å². The zero-order chi connectivity index (χ0) is 17.4. The molecule has 0 aliphatic carbocycles. The average Bonchev–Trinajstić information content (AvgIpc) is 3.19. The van der Waals surface area contributed by atoms with Crippen LogP contribution in [0.25, 0.3) is 0 Å². The molecule has 3 heterocycles. The van der Waals surface area contributed by atoms with Crippen LogP contribution in [0.4, 0.5) is 10.1 Å². The number of aromatic nitrogens is 1. The van der Waals surface area contributed by atoms with E-state index in [9.17, 15) is 4.39 Å². The number of anilines is 1. The molecule has 3 nitrogen and oxygen atoms in total. The number of benzene rings is 1. The van der Waals surface area contributed by atoms with Crippen molar-refractivity contribution in [2.24, 2.45) is 0 Å². The van der Waals surface area contributed by atoms with Crippen molar-refractivity contribution >= 4 is 50.3 Å². The summed E-state index contributed by atoms with van der Waals surface area (Å²) in [6, 6.07) is 14.2. The molecule has 2 unspecified atom stereocenters. The number of hydrogen-bond donors (Lipinski definition) is 1. The van der Waals surface area contributed by atoms with Gasteiger partial charge < -0.3 is 10.2 Å². The first kappa shape index (κ1) is 16.6. The van der Waals surface area contributed by atoms with E-state index < -0.39 is 0 Å². The molecule has 1 aliphatic heterocycles. The predicted octanol–water partition coefficient (Wildman–Crippen LogP) is 5.22. The molecule has 7 heteroatoms. The molecule has 0 saturated carbocycles. The van der Waals surface area contributed by atoms with E-state index in [0.717, 1.165) is 15.0 Å². The number of halogens is 2. The van der Waals surface area contributed by atoms with Crippen molar-refractivity contribution in [2.75, 3.05) is 4.90 Å². The van der Waals surface area contributed by atoms with E-state index in [1.165, 1.54) is 6.07 Å². The molecule has 0 bridgehead atoms. The Bertz CT molecular complexity index is 915. The van der Waals surface area contributed by atoms with Crippen LogP contribution in [0.1, 0.15) is 22.7 Å². The zero-order valence-corrected chi connectivity index (χ0v) is 16.1. The van der Waals surface area contributed by atoms with Crippen molar-refractivity contribution in [3.05, 3.63) is 81.0 Å². The first-order valence-corrected chi connectivity index (χ1v) is 9.72. The van der Waals surface area contributed by atoms with Crippen LogP contribution < -0.4 is 10.2 Å². The summed E-state index contributed by atoms with van der Waals surface area (Å²) >= 11 is 10.7. The maximum absolute atomic E-state index is 14.5. The third-order valence-electron chi connectivity index (χ3n) is 4.09. The lowest BCUT2D eigenvalue weighted by Gasteiger charge is -2.27. The fourth-order valence-corrected chi connectivity index (χ4v) is 4.94. The first-order valence-electron chi connectivity index (χ1n) is 7.64. The molecule has 25 heavy (non-hydrogen) atoms. The van der Waals surface area contributed by atoms with Crippen LogP contribution in [0.2, 0.25) is 0 Å². The van der Waals surface area contributed by atoms with Gasteiger partial charge in [-0.3, -0.25) is 4.98 Å². The maximum Gasteiger partial charge on any atom is 0.174 e. The lowest BCUT2D eigenvalue weighted by atomic mass is 10.0. The van der Waals surface area contributed by atoms with E-state index in [4.69, 9.17) is 12.2 Å². The summed E-state index contributed by atoms with van der Waals surface area (Å²) in [4.78, 5) is 7.41. The van der Waals surface area contributed by atoms with Crippen molar-refractivity contribution in [1.29, 1.82) is 0 Å². The van der Waals surface area contributed by atoms with Gasteiger partial charge >= 0.3 is 0 Å². The van der Waals surface area contributed by atoms with Gasteiger partial charge in [0.15, 0.2) is 5.11 Å². The van der Waals surface area contributed by atoms with Crippen LogP contribution >= 0.6 is 39.5 Å². The molecule has 0 radical (unpaired) electrons. The van der Waals surface area contributed by atoms with Gasteiger partial charge in [0.2, 0.25) is 0 Å². The summed E-state index contributed by atoms with van der Waals surface area (Å²) in [6.07, 6.45) is 1.76. The number of rotatable bonds is 3. The van der Waals surface area contributed by atoms with Crippen LogP contribution in [0, 0.1) is 5.82 Å². The Balaban J connectivity index is 1.85. The number of nitrogens with one attached hydrogen (secondary N) is 1. The number of pyridine rings is 1. The van der Waals surface area contributed by atoms with E-state index in [2.05, 4.69) is 32.3 Å². The summed E-state index contributed by atoms with van der Waals surface area (Å²) in [7, 11) is 0. The van der Waals surface area contributed by atoms with E-state index in [-0.39, 0.29) is 17.9 Å². The molecule has 1 aliphatic rings. The highest BCUT2D eigenvalue weighted by Crippen LogP contribution is 2.44. The summed E-state index contributed by atoms with van der Waals surface area (Å²) in [5.41, 5.74) is 1.34. The average molecular weight is 434 g/mol. The molecule has 0 amide bonds. The Kier molecular flexibility index (Phi) is 4.54. The number of hydrogen-bond acceptors (Lipinski definition) is 3. The van der Waals surface area contributed by atoms with Gasteiger partial charge in [0.25, 0.3) is 0 Å². The standard InChI is InChI=1S/C18H13BrFN3S2/c19-11-9-15(25-10-11)17-16(13-6-3-4-8-21-13)22-18(24)23(17)14-7-2-1-5-12(14)20/h1-10,16-17H,(H,22,24). The second kappa shape index (κ2) is 6.82. The molecule has 1 fully saturated rings. The number of thiophene rings is 1. The van der Waals surface area contributed by atoms with E-state index in [1.54, 1.807) is 29.7 Å². The lowest BCUT2D eigenvalue weighted by molar-refractivity contribution is 0.564. The Morgan fingerprint density at radius 1 is 1.20 bits per heavy atom. The summed E-state index contributed by atoms with van der Waals surface area (Å²) in [5, 5.41) is 5.84. The van der Waals surface area contributed by atoms with Crippen LogP contribution in [0.5, 0.6) is 0 Å². The molecular formula is C18H13BrFN3S2. The van der Waals surface area contributed by atoms with Crippen LogP contribution in [0.3, 0.4) is 0 Å². The molecule has 4 rings (SSSR count). The van der Waals surface area contributed by atoms with Crippen molar-refractivity contribution in [3.8, 4) is 0 Å².